The lowest BCUT2D eigenvalue weighted by molar-refractivity contribution is -0.133. The molecule has 0 unspecified atom stereocenters. The van der Waals surface area contributed by atoms with Crippen molar-refractivity contribution < 1.29 is 9.18 Å². The van der Waals surface area contributed by atoms with Crippen LogP contribution in [0.1, 0.15) is 17.7 Å². The second-order valence-corrected chi connectivity index (χ2v) is 7.21. The van der Waals surface area contributed by atoms with Crippen LogP contribution in [-0.4, -0.2) is 51.7 Å². The van der Waals surface area contributed by atoms with Gasteiger partial charge in [-0.2, -0.15) is 5.10 Å². The molecule has 25 heavy (non-hydrogen) atoms. The number of halogens is 2. The zero-order valence-electron chi connectivity index (χ0n) is 14.3. The van der Waals surface area contributed by atoms with Crippen molar-refractivity contribution in [3.8, 4) is 0 Å². The van der Waals surface area contributed by atoms with E-state index in [0.29, 0.717) is 13.0 Å². The minimum absolute atomic E-state index is 0.172. The minimum atomic E-state index is -0.210. The van der Waals surface area contributed by atoms with Gasteiger partial charge < -0.3 is 4.90 Å². The van der Waals surface area contributed by atoms with Gasteiger partial charge in [-0.3, -0.25) is 14.4 Å². The summed E-state index contributed by atoms with van der Waals surface area (Å²) in [6.07, 6.45) is 2.37. The number of nitrogens with zero attached hydrogens (tertiary/aromatic N) is 4. The second-order valence-electron chi connectivity index (χ2n) is 6.36. The number of rotatable bonds is 5. The summed E-state index contributed by atoms with van der Waals surface area (Å²) >= 11 is 3.43. The summed E-state index contributed by atoms with van der Waals surface area (Å²) in [5.74, 6) is -0.0377. The van der Waals surface area contributed by atoms with Gasteiger partial charge >= 0.3 is 0 Å². The van der Waals surface area contributed by atoms with Crippen LogP contribution in [0, 0.1) is 12.7 Å². The van der Waals surface area contributed by atoms with Crippen LogP contribution in [0.3, 0.4) is 0 Å². The average Bonchev–Trinajstić information content (AvgIpc) is 2.93. The normalized spacial score (nSPS) is 15.6. The number of carbonyl (C=O) groups is 1. The number of benzene rings is 1. The van der Waals surface area contributed by atoms with Gasteiger partial charge in [0, 0.05) is 51.9 Å². The third-order valence-corrected chi connectivity index (χ3v) is 5.26. The fourth-order valence-electron chi connectivity index (χ4n) is 2.98. The van der Waals surface area contributed by atoms with Gasteiger partial charge in [0.1, 0.15) is 5.82 Å². The highest BCUT2D eigenvalue weighted by molar-refractivity contribution is 9.10. The molecule has 7 heteroatoms. The van der Waals surface area contributed by atoms with E-state index in [1.165, 1.54) is 12.1 Å². The lowest BCUT2D eigenvalue weighted by Gasteiger charge is -2.34. The molecule has 0 aliphatic carbocycles. The van der Waals surface area contributed by atoms with E-state index >= 15 is 0 Å². The Morgan fingerprint density at radius 2 is 1.88 bits per heavy atom. The maximum absolute atomic E-state index is 13.0. The predicted molar refractivity (Wildman–Crippen MR) is 97.5 cm³/mol. The minimum Gasteiger partial charge on any atom is -0.340 e. The van der Waals surface area contributed by atoms with Crippen molar-refractivity contribution in [1.82, 2.24) is 19.6 Å². The summed E-state index contributed by atoms with van der Waals surface area (Å²) in [5.41, 5.74) is 2.03. The number of hydrogen-bond acceptors (Lipinski definition) is 3. The molecule has 134 valence electrons. The molecule has 1 aliphatic rings. The monoisotopic (exact) mass is 408 g/mol. The smallest absolute Gasteiger partial charge is 0.224 e. The summed E-state index contributed by atoms with van der Waals surface area (Å²) in [7, 11) is 0. The van der Waals surface area contributed by atoms with Crippen LogP contribution in [0.5, 0.6) is 0 Å². The molecule has 1 aromatic heterocycles. The van der Waals surface area contributed by atoms with Gasteiger partial charge in [0.2, 0.25) is 5.91 Å². The summed E-state index contributed by atoms with van der Waals surface area (Å²) in [5, 5.41) is 4.36. The molecule has 0 atom stereocenters. The molecular formula is C18H22BrFN4O. The van der Waals surface area contributed by atoms with Crippen molar-refractivity contribution >= 4 is 21.8 Å². The van der Waals surface area contributed by atoms with Crippen LogP contribution in [0.2, 0.25) is 0 Å². The fraction of sp³-hybridized carbons (Fsp3) is 0.444. The Labute approximate surface area is 155 Å². The molecule has 3 rings (SSSR count). The number of piperazine rings is 1. The van der Waals surface area contributed by atoms with Gasteiger partial charge in [-0.1, -0.05) is 12.1 Å². The largest absolute Gasteiger partial charge is 0.340 e. The third kappa shape index (κ3) is 4.89. The first-order valence-electron chi connectivity index (χ1n) is 8.45. The van der Waals surface area contributed by atoms with Crippen LogP contribution < -0.4 is 0 Å². The highest BCUT2D eigenvalue weighted by atomic mass is 79.9. The maximum atomic E-state index is 13.0. The first-order valence-corrected chi connectivity index (χ1v) is 9.25. The van der Waals surface area contributed by atoms with Gasteiger partial charge in [0.15, 0.2) is 0 Å². The Balaban J connectivity index is 1.43. The van der Waals surface area contributed by atoms with E-state index in [2.05, 4.69) is 25.9 Å². The average molecular weight is 409 g/mol. The molecule has 1 fully saturated rings. The molecule has 5 nitrogen and oxygen atoms in total. The van der Waals surface area contributed by atoms with E-state index in [0.717, 1.165) is 48.5 Å². The van der Waals surface area contributed by atoms with E-state index in [-0.39, 0.29) is 11.7 Å². The molecule has 2 aromatic rings. The molecule has 0 radical (unpaired) electrons. The van der Waals surface area contributed by atoms with E-state index in [1.54, 1.807) is 0 Å². The van der Waals surface area contributed by atoms with Gasteiger partial charge in [-0.15, -0.1) is 0 Å². The number of amides is 1. The summed E-state index contributed by atoms with van der Waals surface area (Å²) in [6.45, 7) is 6.49. The molecule has 1 saturated heterocycles. The maximum Gasteiger partial charge on any atom is 0.224 e. The van der Waals surface area contributed by atoms with E-state index in [9.17, 15) is 9.18 Å². The Bertz CT molecular complexity index is 704. The molecule has 1 aliphatic heterocycles. The fourth-order valence-corrected chi connectivity index (χ4v) is 3.30. The van der Waals surface area contributed by atoms with Crippen molar-refractivity contribution in [3.63, 3.8) is 0 Å². The Kier molecular flexibility index (Phi) is 5.86. The van der Waals surface area contributed by atoms with Crippen molar-refractivity contribution in [2.24, 2.45) is 0 Å². The summed E-state index contributed by atoms with van der Waals surface area (Å²) in [6, 6.07) is 6.61. The number of hydrogen-bond donors (Lipinski definition) is 0. The Morgan fingerprint density at radius 1 is 1.20 bits per heavy atom. The SMILES string of the molecule is Cc1nn(CCC(=O)N2CCN(Cc3ccc(F)cc3)CC2)cc1Br. The van der Waals surface area contributed by atoms with Crippen LogP contribution in [-0.2, 0) is 17.9 Å². The Morgan fingerprint density at radius 3 is 2.48 bits per heavy atom. The summed E-state index contributed by atoms with van der Waals surface area (Å²) < 4.78 is 15.7. The first kappa shape index (κ1) is 18.1. The van der Waals surface area contributed by atoms with Crippen molar-refractivity contribution in [2.75, 3.05) is 26.2 Å². The first-order chi connectivity index (χ1) is 12.0. The molecule has 0 saturated carbocycles. The van der Waals surface area contributed by atoms with E-state index < -0.39 is 0 Å². The molecule has 0 bridgehead atoms. The van der Waals surface area contributed by atoms with E-state index in [1.807, 2.05) is 34.8 Å². The topological polar surface area (TPSA) is 41.4 Å². The van der Waals surface area contributed by atoms with Crippen molar-refractivity contribution in [2.45, 2.75) is 26.4 Å². The van der Waals surface area contributed by atoms with Gasteiger partial charge in [0.25, 0.3) is 0 Å². The van der Waals surface area contributed by atoms with Crippen molar-refractivity contribution in [1.29, 1.82) is 0 Å². The van der Waals surface area contributed by atoms with Gasteiger partial charge in [-0.25, -0.2) is 4.39 Å². The third-order valence-electron chi connectivity index (χ3n) is 4.49. The number of aromatic nitrogens is 2. The van der Waals surface area contributed by atoms with Crippen LogP contribution >= 0.6 is 15.9 Å². The van der Waals surface area contributed by atoms with Crippen molar-refractivity contribution in [3.05, 3.63) is 52.0 Å². The standard InChI is InChI=1S/C18H22BrFN4O/c1-14-17(19)13-24(21-14)7-6-18(25)23-10-8-22(9-11-23)12-15-2-4-16(20)5-3-15/h2-5,13H,6-12H2,1H3. The van der Waals surface area contributed by atoms with Crippen LogP contribution in [0.4, 0.5) is 4.39 Å². The number of aryl methyl sites for hydroxylation is 2. The zero-order chi connectivity index (χ0) is 17.8. The molecule has 0 spiro atoms. The van der Waals surface area contributed by atoms with Crippen LogP contribution in [0.15, 0.2) is 34.9 Å². The molecule has 1 aromatic carbocycles. The number of carbonyl (C=O) groups excluding carboxylic acids is 1. The molecular weight excluding hydrogens is 387 g/mol. The lowest BCUT2D eigenvalue weighted by atomic mass is 10.2. The molecule has 2 heterocycles. The van der Waals surface area contributed by atoms with E-state index in [4.69, 9.17) is 0 Å². The summed E-state index contributed by atoms with van der Waals surface area (Å²) in [4.78, 5) is 16.6. The quantitative estimate of drug-likeness (QED) is 0.763. The van der Waals surface area contributed by atoms with Gasteiger partial charge in [0.05, 0.1) is 10.2 Å². The zero-order valence-corrected chi connectivity index (χ0v) is 15.9. The highest BCUT2D eigenvalue weighted by Gasteiger charge is 2.21. The second kappa shape index (κ2) is 8.10. The predicted octanol–water partition coefficient (Wildman–Crippen LogP) is 2.83. The Hall–Kier alpha value is -1.73. The molecule has 0 N–H and O–H groups in total. The highest BCUT2D eigenvalue weighted by Crippen LogP contribution is 2.14. The van der Waals surface area contributed by atoms with Gasteiger partial charge in [-0.05, 0) is 40.5 Å². The molecule has 1 amide bonds. The van der Waals surface area contributed by atoms with Crippen LogP contribution in [0.25, 0.3) is 0 Å². The lowest BCUT2D eigenvalue weighted by Crippen LogP contribution is -2.48.